The standard InChI is InChI=1S/C23H22O4/c1-23(25)19(27-3)13-15-9-5-7-11-17(15)21(23)20-16-10-6-4-8-14(16)12-18(26-2)22(20)24/h4-13,21,24-25H,1-3H3. The van der Waals surface area contributed by atoms with E-state index < -0.39 is 11.5 Å². The van der Waals surface area contributed by atoms with Crippen molar-refractivity contribution < 1.29 is 19.7 Å². The molecule has 1 aliphatic rings. The minimum absolute atomic E-state index is 0.0358. The smallest absolute Gasteiger partial charge is 0.162 e. The number of ether oxygens (including phenoxy) is 2. The number of aliphatic hydroxyl groups is 1. The van der Waals surface area contributed by atoms with E-state index in [1.807, 2.05) is 60.7 Å². The molecule has 138 valence electrons. The molecule has 0 spiro atoms. The van der Waals surface area contributed by atoms with Gasteiger partial charge >= 0.3 is 0 Å². The summed E-state index contributed by atoms with van der Waals surface area (Å²) in [5, 5.41) is 24.4. The Morgan fingerprint density at radius 3 is 2.41 bits per heavy atom. The summed E-state index contributed by atoms with van der Waals surface area (Å²) >= 11 is 0. The lowest BCUT2D eigenvalue weighted by molar-refractivity contribution is 0.0246. The van der Waals surface area contributed by atoms with E-state index in [4.69, 9.17) is 9.47 Å². The molecule has 0 fully saturated rings. The summed E-state index contributed by atoms with van der Waals surface area (Å²) < 4.78 is 10.9. The molecule has 2 unspecified atom stereocenters. The molecule has 4 rings (SSSR count). The summed E-state index contributed by atoms with van der Waals surface area (Å²) in [5.41, 5.74) is 1.18. The molecule has 27 heavy (non-hydrogen) atoms. The van der Waals surface area contributed by atoms with Gasteiger partial charge in [-0.1, -0.05) is 48.5 Å². The van der Waals surface area contributed by atoms with Gasteiger partial charge in [-0.3, -0.25) is 0 Å². The highest BCUT2D eigenvalue weighted by atomic mass is 16.5. The number of hydrogen-bond acceptors (Lipinski definition) is 4. The monoisotopic (exact) mass is 362 g/mol. The van der Waals surface area contributed by atoms with E-state index in [9.17, 15) is 10.2 Å². The Bertz CT molecular complexity index is 1050. The molecule has 4 nitrogen and oxygen atoms in total. The first-order valence-corrected chi connectivity index (χ1v) is 8.85. The average Bonchev–Trinajstić information content (AvgIpc) is 2.67. The molecule has 2 N–H and O–H groups in total. The Hall–Kier alpha value is -2.98. The summed E-state index contributed by atoms with van der Waals surface area (Å²) in [6.45, 7) is 1.72. The van der Waals surface area contributed by atoms with Crippen LogP contribution in [0.25, 0.3) is 16.8 Å². The normalized spacial score (nSPS) is 21.5. The van der Waals surface area contributed by atoms with Crippen molar-refractivity contribution in [3.63, 3.8) is 0 Å². The number of aromatic hydroxyl groups is 1. The first-order chi connectivity index (χ1) is 13.0. The molecular weight excluding hydrogens is 340 g/mol. The van der Waals surface area contributed by atoms with Crippen LogP contribution in [0.3, 0.4) is 0 Å². The number of rotatable bonds is 3. The number of hydrogen-bond donors (Lipinski definition) is 2. The minimum atomic E-state index is -1.34. The van der Waals surface area contributed by atoms with Crippen LogP contribution in [0.1, 0.15) is 29.5 Å². The summed E-state index contributed by atoms with van der Waals surface area (Å²) in [6.07, 6.45) is 1.85. The van der Waals surface area contributed by atoms with Crippen LogP contribution in [-0.2, 0) is 4.74 Å². The van der Waals surface area contributed by atoms with Crippen LogP contribution >= 0.6 is 0 Å². The molecule has 0 bridgehead atoms. The van der Waals surface area contributed by atoms with Crippen molar-refractivity contribution in [2.45, 2.75) is 18.4 Å². The molecule has 0 radical (unpaired) electrons. The van der Waals surface area contributed by atoms with Crippen molar-refractivity contribution >= 4 is 16.8 Å². The van der Waals surface area contributed by atoms with E-state index in [2.05, 4.69) is 0 Å². The Morgan fingerprint density at radius 2 is 1.67 bits per heavy atom. The summed E-state index contributed by atoms with van der Waals surface area (Å²) in [6, 6.07) is 17.4. The van der Waals surface area contributed by atoms with Gasteiger partial charge in [0, 0.05) is 11.5 Å². The van der Waals surface area contributed by atoms with Gasteiger partial charge in [0.15, 0.2) is 11.5 Å². The van der Waals surface area contributed by atoms with E-state index >= 15 is 0 Å². The van der Waals surface area contributed by atoms with Gasteiger partial charge in [-0.2, -0.15) is 0 Å². The number of methoxy groups -OCH3 is 2. The second-order valence-corrected chi connectivity index (χ2v) is 6.98. The van der Waals surface area contributed by atoms with Crippen molar-refractivity contribution in [2.75, 3.05) is 14.2 Å². The molecule has 3 aromatic rings. The third kappa shape index (κ3) is 2.56. The Labute approximate surface area is 158 Å². The fraction of sp³-hybridized carbons (Fsp3) is 0.217. The van der Waals surface area contributed by atoms with Gasteiger partial charge < -0.3 is 19.7 Å². The van der Waals surface area contributed by atoms with E-state index in [1.54, 1.807) is 14.0 Å². The molecule has 2 atom stereocenters. The van der Waals surface area contributed by atoms with Crippen molar-refractivity contribution in [2.24, 2.45) is 0 Å². The lowest BCUT2D eigenvalue weighted by atomic mass is 9.71. The molecule has 1 aliphatic carbocycles. The molecule has 3 aromatic carbocycles. The maximum atomic E-state index is 11.5. The van der Waals surface area contributed by atoms with Gasteiger partial charge in [0.05, 0.1) is 14.2 Å². The molecule has 0 aliphatic heterocycles. The van der Waals surface area contributed by atoms with E-state index in [0.717, 1.165) is 21.9 Å². The largest absolute Gasteiger partial charge is 0.504 e. The lowest BCUT2D eigenvalue weighted by Crippen LogP contribution is -2.39. The maximum absolute atomic E-state index is 11.5. The van der Waals surface area contributed by atoms with Gasteiger partial charge in [0.2, 0.25) is 0 Å². The number of phenols is 1. The van der Waals surface area contributed by atoms with Crippen LogP contribution in [0.4, 0.5) is 0 Å². The van der Waals surface area contributed by atoms with Crippen LogP contribution in [0, 0.1) is 0 Å². The minimum Gasteiger partial charge on any atom is -0.504 e. The third-order valence-electron chi connectivity index (χ3n) is 5.41. The summed E-state index contributed by atoms with van der Waals surface area (Å²) in [7, 11) is 3.08. The number of benzene rings is 3. The molecule has 0 heterocycles. The molecule has 0 amide bonds. The zero-order chi connectivity index (χ0) is 19.2. The highest BCUT2D eigenvalue weighted by Crippen LogP contribution is 2.51. The highest BCUT2D eigenvalue weighted by molar-refractivity contribution is 5.91. The van der Waals surface area contributed by atoms with Gasteiger partial charge in [-0.15, -0.1) is 0 Å². The first-order valence-electron chi connectivity index (χ1n) is 8.85. The van der Waals surface area contributed by atoms with Crippen molar-refractivity contribution in [1.82, 2.24) is 0 Å². The van der Waals surface area contributed by atoms with Gasteiger partial charge in [0.25, 0.3) is 0 Å². The summed E-state index contributed by atoms with van der Waals surface area (Å²) in [4.78, 5) is 0. The van der Waals surface area contributed by atoms with E-state index in [-0.39, 0.29) is 5.75 Å². The predicted octanol–water partition coefficient (Wildman–Crippen LogP) is 4.44. The fourth-order valence-electron chi connectivity index (χ4n) is 4.13. The van der Waals surface area contributed by atoms with Crippen molar-refractivity contribution in [3.8, 4) is 11.5 Å². The predicted molar refractivity (Wildman–Crippen MR) is 106 cm³/mol. The van der Waals surface area contributed by atoms with Crippen LogP contribution < -0.4 is 4.74 Å². The van der Waals surface area contributed by atoms with Gasteiger partial charge in [-0.25, -0.2) is 0 Å². The Balaban J connectivity index is 2.11. The quantitative estimate of drug-likeness (QED) is 0.723. The number of phenolic OH excluding ortho intramolecular Hbond substituents is 1. The van der Waals surface area contributed by atoms with Gasteiger partial charge in [0.1, 0.15) is 11.4 Å². The SMILES string of the molecule is COC1=Cc2ccccc2C(c2c(O)c(OC)cc3ccccc23)C1(C)O. The zero-order valence-corrected chi connectivity index (χ0v) is 15.6. The molecule has 0 aromatic heterocycles. The molecular formula is C23H22O4. The highest BCUT2D eigenvalue weighted by Gasteiger charge is 2.45. The zero-order valence-electron chi connectivity index (χ0n) is 15.6. The van der Waals surface area contributed by atoms with Crippen molar-refractivity contribution in [1.29, 1.82) is 0 Å². The van der Waals surface area contributed by atoms with E-state index in [1.165, 1.54) is 7.11 Å². The third-order valence-corrected chi connectivity index (χ3v) is 5.41. The second-order valence-electron chi connectivity index (χ2n) is 6.98. The molecule has 0 saturated carbocycles. The fourth-order valence-corrected chi connectivity index (χ4v) is 4.13. The van der Waals surface area contributed by atoms with Crippen LogP contribution in [-0.4, -0.2) is 30.0 Å². The lowest BCUT2D eigenvalue weighted by Gasteiger charge is -2.39. The van der Waals surface area contributed by atoms with Crippen LogP contribution in [0.15, 0.2) is 60.4 Å². The molecule has 4 heteroatoms. The Kier molecular flexibility index (Phi) is 4.08. The number of fused-ring (bicyclic) bond motifs is 2. The second kappa shape index (κ2) is 6.32. The van der Waals surface area contributed by atoms with Crippen molar-refractivity contribution in [3.05, 3.63) is 77.0 Å². The first kappa shape index (κ1) is 17.4. The van der Waals surface area contributed by atoms with E-state index in [0.29, 0.717) is 17.1 Å². The maximum Gasteiger partial charge on any atom is 0.162 e. The average molecular weight is 362 g/mol. The Morgan fingerprint density at radius 1 is 0.963 bits per heavy atom. The van der Waals surface area contributed by atoms with Gasteiger partial charge in [-0.05, 0) is 41.0 Å². The van der Waals surface area contributed by atoms with Crippen LogP contribution in [0.2, 0.25) is 0 Å². The van der Waals surface area contributed by atoms with Crippen LogP contribution in [0.5, 0.6) is 11.5 Å². The topological polar surface area (TPSA) is 58.9 Å². The summed E-state index contributed by atoms with van der Waals surface area (Å²) in [5.74, 6) is 0.352. The molecule has 0 saturated heterocycles.